The summed E-state index contributed by atoms with van der Waals surface area (Å²) in [4.78, 5) is 25.0. The molecule has 6 heteroatoms. The van der Waals surface area contributed by atoms with Crippen LogP contribution in [-0.2, 0) is 4.79 Å². The van der Waals surface area contributed by atoms with E-state index in [0.29, 0.717) is 12.5 Å². The molecule has 3 N–H and O–H groups in total. The first-order chi connectivity index (χ1) is 9.40. The van der Waals surface area contributed by atoms with Crippen LogP contribution < -0.4 is 10.6 Å². The van der Waals surface area contributed by atoms with Crippen LogP contribution in [-0.4, -0.2) is 54.7 Å². The SMILES string of the molecule is CC(C)C(NC(=O)NCCC1CCN(C)CC1)C(=O)O. The van der Waals surface area contributed by atoms with Crippen LogP contribution in [0.1, 0.15) is 33.1 Å². The van der Waals surface area contributed by atoms with Gasteiger partial charge in [-0.25, -0.2) is 9.59 Å². The van der Waals surface area contributed by atoms with E-state index in [1.807, 2.05) is 0 Å². The highest BCUT2D eigenvalue weighted by atomic mass is 16.4. The molecule has 1 heterocycles. The molecule has 1 aliphatic rings. The van der Waals surface area contributed by atoms with Crippen molar-refractivity contribution < 1.29 is 14.7 Å². The topological polar surface area (TPSA) is 81.7 Å². The molecule has 2 amide bonds. The number of hydrogen-bond acceptors (Lipinski definition) is 3. The second-order valence-corrected chi connectivity index (χ2v) is 6.00. The molecule has 1 saturated heterocycles. The van der Waals surface area contributed by atoms with Crippen molar-refractivity contribution in [3.05, 3.63) is 0 Å². The molecule has 1 aliphatic heterocycles. The summed E-state index contributed by atoms with van der Waals surface area (Å²) in [6, 6.07) is -1.22. The Labute approximate surface area is 120 Å². The van der Waals surface area contributed by atoms with E-state index in [-0.39, 0.29) is 11.9 Å². The Morgan fingerprint density at radius 2 is 1.90 bits per heavy atom. The average molecular weight is 285 g/mol. The van der Waals surface area contributed by atoms with Gasteiger partial charge in [0.2, 0.25) is 0 Å². The van der Waals surface area contributed by atoms with E-state index >= 15 is 0 Å². The van der Waals surface area contributed by atoms with Gasteiger partial charge in [-0.15, -0.1) is 0 Å². The van der Waals surface area contributed by atoms with E-state index in [2.05, 4.69) is 22.6 Å². The maximum absolute atomic E-state index is 11.7. The fraction of sp³-hybridized carbons (Fsp3) is 0.857. The summed E-state index contributed by atoms with van der Waals surface area (Å²) in [5, 5.41) is 14.3. The monoisotopic (exact) mass is 285 g/mol. The molecule has 0 saturated carbocycles. The van der Waals surface area contributed by atoms with Crippen LogP contribution in [0.3, 0.4) is 0 Å². The van der Waals surface area contributed by atoms with Crippen molar-refractivity contribution in [3.63, 3.8) is 0 Å². The van der Waals surface area contributed by atoms with E-state index in [1.54, 1.807) is 13.8 Å². The van der Waals surface area contributed by atoms with Crippen LogP contribution in [0.2, 0.25) is 0 Å². The number of piperidine rings is 1. The van der Waals surface area contributed by atoms with Gasteiger partial charge >= 0.3 is 12.0 Å². The van der Waals surface area contributed by atoms with E-state index in [9.17, 15) is 9.59 Å². The van der Waals surface area contributed by atoms with Gasteiger partial charge in [-0.2, -0.15) is 0 Å². The number of carboxylic acids is 1. The molecule has 1 atom stereocenters. The van der Waals surface area contributed by atoms with Gasteiger partial charge in [-0.3, -0.25) is 0 Å². The van der Waals surface area contributed by atoms with Crippen LogP contribution in [0.25, 0.3) is 0 Å². The first-order valence-corrected chi connectivity index (χ1v) is 7.36. The summed E-state index contributed by atoms with van der Waals surface area (Å²) < 4.78 is 0. The third kappa shape index (κ3) is 5.77. The molecule has 0 aliphatic carbocycles. The maximum Gasteiger partial charge on any atom is 0.326 e. The molecule has 20 heavy (non-hydrogen) atoms. The molecule has 1 rings (SSSR count). The van der Waals surface area contributed by atoms with Gasteiger partial charge in [0.05, 0.1) is 0 Å². The minimum absolute atomic E-state index is 0.132. The maximum atomic E-state index is 11.7. The quantitative estimate of drug-likeness (QED) is 0.683. The number of nitrogens with zero attached hydrogens (tertiary/aromatic N) is 1. The Kier molecular flexibility index (Phi) is 6.78. The Bertz CT molecular complexity index is 326. The van der Waals surface area contributed by atoms with Gasteiger partial charge in [0.1, 0.15) is 6.04 Å². The highest BCUT2D eigenvalue weighted by Gasteiger charge is 2.23. The van der Waals surface area contributed by atoms with Crippen molar-refractivity contribution in [3.8, 4) is 0 Å². The van der Waals surface area contributed by atoms with Crippen molar-refractivity contribution >= 4 is 12.0 Å². The number of rotatable bonds is 6. The smallest absolute Gasteiger partial charge is 0.326 e. The number of amides is 2. The molecule has 0 bridgehead atoms. The molecular formula is C14H27N3O3. The van der Waals surface area contributed by atoms with Crippen LogP contribution >= 0.6 is 0 Å². The number of carboxylic acid groups (broad SMARTS) is 1. The predicted molar refractivity (Wildman–Crippen MR) is 77.6 cm³/mol. The third-order valence-corrected chi connectivity index (χ3v) is 3.90. The molecule has 116 valence electrons. The molecule has 0 spiro atoms. The summed E-state index contributed by atoms with van der Waals surface area (Å²) in [6.07, 6.45) is 3.30. The number of likely N-dealkylation sites (tertiary alicyclic amines) is 1. The van der Waals surface area contributed by atoms with Gasteiger partial charge in [0.25, 0.3) is 0 Å². The number of nitrogens with one attached hydrogen (secondary N) is 2. The van der Waals surface area contributed by atoms with Crippen LogP contribution in [0.15, 0.2) is 0 Å². The molecule has 1 fully saturated rings. The molecule has 1 unspecified atom stereocenters. The summed E-state index contributed by atoms with van der Waals surface area (Å²) >= 11 is 0. The fourth-order valence-corrected chi connectivity index (χ4v) is 2.45. The zero-order valence-corrected chi connectivity index (χ0v) is 12.7. The van der Waals surface area contributed by atoms with E-state index < -0.39 is 12.0 Å². The van der Waals surface area contributed by atoms with Gasteiger partial charge in [-0.05, 0) is 51.2 Å². The van der Waals surface area contributed by atoms with Crippen molar-refractivity contribution in [2.75, 3.05) is 26.7 Å². The predicted octanol–water partition coefficient (Wildman–Crippen LogP) is 1.13. The van der Waals surface area contributed by atoms with Crippen LogP contribution in [0, 0.1) is 11.8 Å². The molecule has 0 radical (unpaired) electrons. The van der Waals surface area contributed by atoms with Crippen LogP contribution in [0.4, 0.5) is 4.79 Å². The van der Waals surface area contributed by atoms with Crippen molar-refractivity contribution in [1.82, 2.24) is 15.5 Å². The Hall–Kier alpha value is -1.30. The highest BCUT2D eigenvalue weighted by Crippen LogP contribution is 2.18. The number of carbonyl (C=O) groups excluding carboxylic acids is 1. The molecule has 6 nitrogen and oxygen atoms in total. The minimum Gasteiger partial charge on any atom is -0.480 e. The van der Waals surface area contributed by atoms with Crippen LogP contribution in [0.5, 0.6) is 0 Å². The third-order valence-electron chi connectivity index (χ3n) is 3.90. The summed E-state index contributed by atoms with van der Waals surface area (Å²) in [5.74, 6) is -0.468. The van der Waals surface area contributed by atoms with Gasteiger partial charge in [0, 0.05) is 6.54 Å². The van der Waals surface area contributed by atoms with E-state index in [1.165, 1.54) is 12.8 Å². The van der Waals surface area contributed by atoms with Crippen molar-refractivity contribution in [1.29, 1.82) is 0 Å². The van der Waals surface area contributed by atoms with E-state index in [0.717, 1.165) is 19.5 Å². The number of aliphatic carboxylic acids is 1. The lowest BCUT2D eigenvalue weighted by atomic mass is 9.94. The first kappa shape index (κ1) is 16.8. The largest absolute Gasteiger partial charge is 0.480 e. The fourth-order valence-electron chi connectivity index (χ4n) is 2.45. The Morgan fingerprint density at radius 3 is 2.40 bits per heavy atom. The van der Waals surface area contributed by atoms with Gasteiger partial charge < -0.3 is 20.6 Å². The average Bonchev–Trinajstić information content (AvgIpc) is 2.37. The van der Waals surface area contributed by atoms with Crippen molar-refractivity contribution in [2.24, 2.45) is 11.8 Å². The molecule has 0 aromatic rings. The molecule has 0 aromatic carbocycles. The zero-order valence-electron chi connectivity index (χ0n) is 12.7. The number of hydrogen-bond donors (Lipinski definition) is 3. The second-order valence-electron chi connectivity index (χ2n) is 6.00. The second kappa shape index (κ2) is 8.09. The Morgan fingerprint density at radius 1 is 1.30 bits per heavy atom. The lowest BCUT2D eigenvalue weighted by molar-refractivity contribution is -0.140. The normalized spacial score (nSPS) is 18.8. The Balaban J connectivity index is 2.21. The number of carbonyl (C=O) groups is 2. The lowest BCUT2D eigenvalue weighted by Crippen LogP contribution is -2.49. The lowest BCUT2D eigenvalue weighted by Gasteiger charge is -2.29. The summed E-state index contributed by atoms with van der Waals surface area (Å²) in [5.41, 5.74) is 0. The summed E-state index contributed by atoms with van der Waals surface area (Å²) in [6.45, 7) is 6.39. The first-order valence-electron chi connectivity index (χ1n) is 7.36. The zero-order chi connectivity index (χ0) is 15.1. The highest BCUT2D eigenvalue weighted by molar-refractivity contribution is 5.82. The van der Waals surface area contributed by atoms with Crippen molar-refractivity contribution in [2.45, 2.75) is 39.2 Å². The summed E-state index contributed by atoms with van der Waals surface area (Å²) in [7, 11) is 2.12. The van der Waals surface area contributed by atoms with Gasteiger partial charge in [0.15, 0.2) is 0 Å². The molecular weight excluding hydrogens is 258 g/mol. The molecule has 0 aromatic heterocycles. The number of urea groups is 1. The van der Waals surface area contributed by atoms with E-state index in [4.69, 9.17) is 5.11 Å². The minimum atomic E-state index is -0.995. The van der Waals surface area contributed by atoms with Gasteiger partial charge in [-0.1, -0.05) is 13.8 Å². The standard InChI is InChI=1S/C14H27N3O3/c1-10(2)12(13(18)19)16-14(20)15-7-4-11-5-8-17(3)9-6-11/h10-12H,4-9H2,1-3H3,(H,18,19)(H2,15,16,20).